The van der Waals surface area contributed by atoms with E-state index in [0.29, 0.717) is 11.3 Å². The van der Waals surface area contributed by atoms with Gasteiger partial charge >= 0.3 is 5.97 Å². The van der Waals surface area contributed by atoms with Gasteiger partial charge in [0, 0.05) is 7.05 Å². The van der Waals surface area contributed by atoms with Crippen molar-refractivity contribution < 1.29 is 9.90 Å². The zero-order chi connectivity index (χ0) is 12.4. The molecular weight excluding hydrogens is 218 g/mol. The van der Waals surface area contributed by atoms with E-state index in [-0.39, 0.29) is 5.69 Å². The minimum absolute atomic E-state index is 0.00635. The van der Waals surface area contributed by atoms with E-state index in [2.05, 4.69) is 5.10 Å². The first-order valence-electron chi connectivity index (χ1n) is 4.89. The lowest BCUT2D eigenvalue weighted by atomic mass is 10.1. The van der Waals surface area contributed by atoms with Crippen LogP contribution in [0.5, 0.6) is 0 Å². The van der Waals surface area contributed by atoms with Gasteiger partial charge in [-0.2, -0.15) is 10.4 Å². The molecule has 1 aromatic carbocycles. The maximum absolute atomic E-state index is 10.8. The van der Waals surface area contributed by atoms with Gasteiger partial charge in [-0.25, -0.2) is 4.79 Å². The molecule has 5 heteroatoms. The van der Waals surface area contributed by atoms with E-state index in [1.165, 1.54) is 10.7 Å². The summed E-state index contributed by atoms with van der Waals surface area (Å²) in [6, 6.07) is 10.4. The van der Waals surface area contributed by atoms with Crippen molar-refractivity contribution in [3.63, 3.8) is 0 Å². The van der Waals surface area contributed by atoms with Crippen molar-refractivity contribution in [3.05, 3.63) is 41.6 Å². The summed E-state index contributed by atoms with van der Waals surface area (Å²) >= 11 is 0. The third-order valence-electron chi connectivity index (χ3n) is 2.41. The van der Waals surface area contributed by atoms with Crippen LogP contribution in [0.3, 0.4) is 0 Å². The van der Waals surface area contributed by atoms with Crippen LogP contribution in [0.25, 0.3) is 11.3 Å². The number of nitriles is 1. The molecule has 0 aliphatic rings. The largest absolute Gasteiger partial charge is 0.476 e. The molecule has 0 aliphatic carbocycles. The molecule has 0 bridgehead atoms. The first kappa shape index (κ1) is 10.9. The monoisotopic (exact) mass is 227 g/mol. The van der Waals surface area contributed by atoms with Crippen molar-refractivity contribution in [1.29, 1.82) is 5.26 Å². The van der Waals surface area contributed by atoms with Crippen molar-refractivity contribution in [2.75, 3.05) is 0 Å². The molecule has 1 aromatic heterocycles. The standard InChI is InChI=1S/C12H9N3O2/c1-15-11(6-10(14-15)12(16)17)9-4-2-8(7-13)3-5-9/h2-6H,1H3,(H,16,17). The number of aromatic nitrogens is 2. The van der Waals surface area contributed by atoms with Crippen LogP contribution in [-0.4, -0.2) is 20.9 Å². The summed E-state index contributed by atoms with van der Waals surface area (Å²) in [7, 11) is 1.68. The highest BCUT2D eigenvalue weighted by molar-refractivity contribution is 5.87. The van der Waals surface area contributed by atoms with E-state index in [9.17, 15) is 4.79 Å². The average Bonchev–Trinajstić information content (AvgIpc) is 2.72. The fourth-order valence-corrected chi connectivity index (χ4v) is 1.56. The Hall–Kier alpha value is -2.61. The van der Waals surface area contributed by atoms with Gasteiger partial charge in [-0.05, 0) is 23.8 Å². The Balaban J connectivity index is 2.46. The second-order valence-corrected chi connectivity index (χ2v) is 3.53. The first-order valence-corrected chi connectivity index (χ1v) is 4.89. The number of benzene rings is 1. The van der Waals surface area contributed by atoms with Gasteiger partial charge in [0.1, 0.15) is 0 Å². The molecule has 1 heterocycles. The third kappa shape index (κ3) is 2.01. The van der Waals surface area contributed by atoms with Gasteiger partial charge in [-0.15, -0.1) is 0 Å². The Morgan fingerprint density at radius 3 is 2.53 bits per heavy atom. The van der Waals surface area contributed by atoms with E-state index in [0.717, 1.165) is 5.56 Å². The number of hydrogen-bond donors (Lipinski definition) is 1. The SMILES string of the molecule is Cn1nc(C(=O)O)cc1-c1ccc(C#N)cc1. The Bertz CT molecular complexity index is 606. The van der Waals surface area contributed by atoms with Gasteiger partial charge in [-0.1, -0.05) is 12.1 Å². The van der Waals surface area contributed by atoms with Crippen molar-refractivity contribution in [2.24, 2.45) is 7.05 Å². The summed E-state index contributed by atoms with van der Waals surface area (Å²) in [6.45, 7) is 0. The molecule has 0 atom stereocenters. The molecule has 17 heavy (non-hydrogen) atoms. The molecule has 0 aliphatic heterocycles. The Labute approximate surface area is 97.5 Å². The third-order valence-corrected chi connectivity index (χ3v) is 2.41. The zero-order valence-electron chi connectivity index (χ0n) is 9.08. The van der Waals surface area contributed by atoms with Crippen molar-refractivity contribution >= 4 is 5.97 Å². The highest BCUT2D eigenvalue weighted by Crippen LogP contribution is 2.20. The summed E-state index contributed by atoms with van der Waals surface area (Å²) in [6.07, 6.45) is 0. The maximum atomic E-state index is 10.8. The van der Waals surface area contributed by atoms with E-state index < -0.39 is 5.97 Å². The Morgan fingerprint density at radius 2 is 2.06 bits per heavy atom. The summed E-state index contributed by atoms with van der Waals surface area (Å²) in [5.74, 6) is -1.06. The molecule has 0 amide bonds. The smallest absolute Gasteiger partial charge is 0.356 e. The molecule has 0 fully saturated rings. The molecule has 84 valence electrons. The predicted octanol–water partition coefficient (Wildman–Crippen LogP) is 1.66. The van der Waals surface area contributed by atoms with Crippen LogP contribution < -0.4 is 0 Å². The minimum atomic E-state index is -1.06. The number of aromatic carboxylic acids is 1. The Kier molecular flexibility index (Phi) is 2.63. The van der Waals surface area contributed by atoms with Crippen LogP contribution in [0.4, 0.5) is 0 Å². The summed E-state index contributed by atoms with van der Waals surface area (Å²) in [5, 5.41) is 21.4. The lowest BCUT2D eigenvalue weighted by molar-refractivity contribution is 0.0689. The number of carboxylic acid groups (broad SMARTS) is 1. The molecular formula is C12H9N3O2. The fraction of sp³-hybridized carbons (Fsp3) is 0.0833. The van der Waals surface area contributed by atoms with Crippen molar-refractivity contribution in [3.8, 4) is 17.3 Å². The van der Waals surface area contributed by atoms with Crippen molar-refractivity contribution in [1.82, 2.24) is 9.78 Å². The van der Waals surface area contributed by atoms with Crippen LogP contribution in [0, 0.1) is 11.3 Å². The van der Waals surface area contributed by atoms with E-state index in [1.54, 1.807) is 31.3 Å². The number of hydrogen-bond acceptors (Lipinski definition) is 3. The van der Waals surface area contributed by atoms with Crippen LogP contribution >= 0.6 is 0 Å². The lowest BCUT2D eigenvalue weighted by Gasteiger charge is -2.00. The van der Waals surface area contributed by atoms with Gasteiger partial charge in [0.15, 0.2) is 5.69 Å². The molecule has 0 radical (unpaired) electrons. The summed E-state index contributed by atoms with van der Waals surface area (Å²) < 4.78 is 1.50. The van der Waals surface area contributed by atoms with Crippen molar-refractivity contribution in [2.45, 2.75) is 0 Å². The number of carbonyl (C=O) groups is 1. The number of aryl methyl sites for hydroxylation is 1. The second-order valence-electron chi connectivity index (χ2n) is 3.53. The van der Waals surface area contributed by atoms with Crippen LogP contribution in [0.2, 0.25) is 0 Å². The molecule has 5 nitrogen and oxygen atoms in total. The number of carboxylic acids is 1. The van der Waals surface area contributed by atoms with Crippen LogP contribution in [-0.2, 0) is 7.05 Å². The topological polar surface area (TPSA) is 78.9 Å². The van der Waals surface area contributed by atoms with Gasteiger partial charge in [0.25, 0.3) is 0 Å². The molecule has 0 saturated heterocycles. The quantitative estimate of drug-likeness (QED) is 0.846. The van der Waals surface area contributed by atoms with Gasteiger partial charge in [-0.3, -0.25) is 4.68 Å². The average molecular weight is 227 g/mol. The highest BCUT2D eigenvalue weighted by atomic mass is 16.4. The van der Waals surface area contributed by atoms with E-state index in [1.807, 2.05) is 6.07 Å². The molecule has 0 spiro atoms. The summed E-state index contributed by atoms with van der Waals surface area (Å²) in [5.41, 5.74) is 2.10. The van der Waals surface area contributed by atoms with Gasteiger partial charge in [0.05, 0.1) is 17.3 Å². The first-order chi connectivity index (χ1) is 8.11. The fourth-order valence-electron chi connectivity index (χ4n) is 1.56. The zero-order valence-corrected chi connectivity index (χ0v) is 9.08. The number of rotatable bonds is 2. The predicted molar refractivity (Wildman–Crippen MR) is 60.3 cm³/mol. The molecule has 0 unspecified atom stereocenters. The highest BCUT2D eigenvalue weighted by Gasteiger charge is 2.12. The van der Waals surface area contributed by atoms with E-state index in [4.69, 9.17) is 10.4 Å². The molecule has 1 N–H and O–H groups in total. The lowest BCUT2D eigenvalue weighted by Crippen LogP contribution is -1.99. The van der Waals surface area contributed by atoms with E-state index >= 15 is 0 Å². The maximum Gasteiger partial charge on any atom is 0.356 e. The minimum Gasteiger partial charge on any atom is -0.476 e. The molecule has 0 saturated carbocycles. The summed E-state index contributed by atoms with van der Waals surface area (Å²) in [4.78, 5) is 10.8. The second kappa shape index (κ2) is 4.10. The van der Waals surface area contributed by atoms with Crippen LogP contribution in [0.15, 0.2) is 30.3 Å². The number of nitrogens with zero attached hydrogens (tertiary/aromatic N) is 3. The van der Waals surface area contributed by atoms with Crippen LogP contribution in [0.1, 0.15) is 16.1 Å². The Morgan fingerprint density at radius 1 is 1.41 bits per heavy atom. The normalized spacial score (nSPS) is 9.88. The molecule has 2 aromatic rings. The molecule has 2 rings (SSSR count). The van der Waals surface area contributed by atoms with Gasteiger partial charge in [0.2, 0.25) is 0 Å². The van der Waals surface area contributed by atoms with Gasteiger partial charge < -0.3 is 5.11 Å².